The second-order valence-electron chi connectivity index (χ2n) is 11.8. The van der Waals surface area contributed by atoms with Gasteiger partial charge in [0.1, 0.15) is 29.3 Å². The van der Waals surface area contributed by atoms with E-state index in [0.717, 1.165) is 29.7 Å². The van der Waals surface area contributed by atoms with Crippen LogP contribution in [0.1, 0.15) is 38.1 Å². The molecule has 1 saturated heterocycles. The van der Waals surface area contributed by atoms with Gasteiger partial charge in [0.15, 0.2) is 5.58 Å². The molecule has 2 fully saturated rings. The summed E-state index contributed by atoms with van der Waals surface area (Å²) in [5, 5.41) is 4.18. The summed E-state index contributed by atoms with van der Waals surface area (Å²) in [5.41, 5.74) is 0.940. The maximum Gasteiger partial charge on any atom is 0.316 e. The first kappa shape index (κ1) is 31.6. The summed E-state index contributed by atoms with van der Waals surface area (Å²) in [4.78, 5) is 31.4. The molecule has 46 heavy (non-hydrogen) atoms. The summed E-state index contributed by atoms with van der Waals surface area (Å²) >= 11 is 0. The molecule has 2 aliphatic rings. The van der Waals surface area contributed by atoms with Crippen LogP contribution in [0.5, 0.6) is 5.75 Å². The summed E-state index contributed by atoms with van der Waals surface area (Å²) < 4.78 is 73.6. The number of piperazine rings is 1. The lowest BCUT2D eigenvalue weighted by molar-refractivity contribution is -0.142. The predicted molar refractivity (Wildman–Crippen MR) is 163 cm³/mol. The summed E-state index contributed by atoms with van der Waals surface area (Å²) in [5.74, 6) is -2.26. The molecule has 0 bridgehead atoms. The number of anilines is 1. The number of aromatic nitrogens is 3. The summed E-state index contributed by atoms with van der Waals surface area (Å²) in [6, 6.07) is 7.62. The van der Waals surface area contributed by atoms with Crippen LogP contribution >= 0.6 is 0 Å². The minimum atomic E-state index is -3.73. The summed E-state index contributed by atoms with van der Waals surface area (Å²) in [6.45, 7) is 5.07. The lowest BCUT2D eigenvalue weighted by atomic mass is 10.2. The van der Waals surface area contributed by atoms with E-state index in [1.807, 2.05) is 11.8 Å². The standard InChI is InChI=1S/C31H33F2N5O7S/c1-3-43-28(39)16-27-35-24-5-4-20(12-26(24)45-27)18-46(41,42)37-10-8-36(9-11-37)25-17-34-38(23-14-21(32)13-22(33)15-23)30(40)29(25)44-19-31(2)6-7-31/h4-5,12-15,17H,3,6-11,16,18-19H2,1-2H3. The van der Waals surface area contributed by atoms with Crippen molar-refractivity contribution in [3.63, 3.8) is 0 Å². The van der Waals surface area contributed by atoms with E-state index in [-0.39, 0.29) is 74.3 Å². The van der Waals surface area contributed by atoms with Gasteiger partial charge in [-0.2, -0.15) is 14.1 Å². The first-order chi connectivity index (χ1) is 21.9. The molecular formula is C31H33F2N5O7S. The normalized spacial score (nSPS) is 16.5. The van der Waals surface area contributed by atoms with Crippen LogP contribution in [-0.2, 0) is 31.7 Å². The Morgan fingerprint density at radius 2 is 1.78 bits per heavy atom. The largest absolute Gasteiger partial charge is 0.486 e. The number of carbonyl (C=O) groups excluding carboxylic acids is 1. The zero-order chi connectivity index (χ0) is 32.6. The number of sulfonamides is 1. The fourth-order valence-electron chi connectivity index (χ4n) is 5.27. The Morgan fingerprint density at radius 1 is 1.07 bits per heavy atom. The van der Waals surface area contributed by atoms with Crippen LogP contribution in [0.3, 0.4) is 0 Å². The van der Waals surface area contributed by atoms with Gasteiger partial charge in [-0.15, -0.1) is 0 Å². The SMILES string of the molecule is CCOC(=O)Cc1nc2ccc(CS(=O)(=O)N3CCN(c4cnn(-c5cc(F)cc(F)c5)c(=O)c4OCC4(C)CC4)CC3)cc2o1. The molecule has 4 aromatic rings. The molecule has 0 N–H and O–H groups in total. The molecule has 6 rings (SSSR count). The molecule has 15 heteroatoms. The highest BCUT2D eigenvalue weighted by Gasteiger charge is 2.39. The highest BCUT2D eigenvalue weighted by atomic mass is 32.2. The van der Waals surface area contributed by atoms with E-state index in [1.54, 1.807) is 25.1 Å². The van der Waals surface area contributed by atoms with Crippen molar-refractivity contribution >= 4 is 32.8 Å². The number of nitrogens with zero attached hydrogens (tertiary/aromatic N) is 5. The van der Waals surface area contributed by atoms with Gasteiger partial charge in [-0.05, 0) is 49.6 Å². The number of fused-ring (bicyclic) bond motifs is 1. The molecule has 0 radical (unpaired) electrons. The molecule has 1 aliphatic heterocycles. The van der Waals surface area contributed by atoms with Crippen molar-refractivity contribution in [1.82, 2.24) is 19.1 Å². The number of halogens is 2. The molecule has 1 aliphatic carbocycles. The number of benzene rings is 2. The maximum absolute atomic E-state index is 13.9. The summed E-state index contributed by atoms with van der Waals surface area (Å²) in [7, 11) is -3.73. The molecule has 3 heterocycles. The van der Waals surface area contributed by atoms with Gasteiger partial charge in [0.25, 0.3) is 0 Å². The minimum Gasteiger partial charge on any atom is -0.486 e. The van der Waals surface area contributed by atoms with Crippen LogP contribution in [0.4, 0.5) is 14.5 Å². The predicted octanol–water partition coefficient (Wildman–Crippen LogP) is 3.59. The van der Waals surface area contributed by atoms with E-state index >= 15 is 0 Å². The summed E-state index contributed by atoms with van der Waals surface area (Å²) in [6.07, 6.45) is 3.18. The van der Waals surface area contributed by atoms with Gasteiger partial charge in [0.05, 0.1) is 30.9 Å². The number of carbonyl (C=O) groups is 1. The fraction of sp³-hybridized carbons (Fsp3) is 0.419. The quantitative estimate of drug-likeness (QED) is 0.220. The molecule has 0 unspecified atom stereocenters. The van der Waals surface area contributed by atoms with Crippen LogP contribution in [0, 0.1) is 17.0 Å². The molecular weight excluding hydrogens is 624 g/mol. The van der Waals surface area contributed by atoms with E-state index in [1.165, 1.54) is 10.5 Å². The zero-order valence-electron chi connectivity index (χ0n) is 25.4. The highest BCUT2D eigenvalue weighted by Crippen LogP contribution is 2.45. The Balaban J connectivity index is 1.17. The van der Waals surface area contributed by atoms with Crippen molar-refractivity contribution in [2.45, 2.75) is 38.9 Å². The van der Waals surface area contributed by atoms with Crippen LogP contribution in [0.25, 0.3) is 16.8 Å². The van der Waals surface area contributed by atoms with Gasteiger partial charge in [-0.1, -0.05) is 13.0 Å². The van der Waals surface area contributed by atoms with Crippen molar-refractivity contribution in [3.05, 3.63) is 76.0 Å². The third-order valence-corrected chi connectivity index (χ3v) is 9.95. The molecule has 0 spiro atoms. The molecule has 0 amide bonds. The topological polar surface area (TPSA) is 137 Å². The maximum atomic E-state index is 13.9. The van der Waals surface area contributed by atoms with Gasteiger partial charge in [-0.3, -0.25) is 9.59 Å². The number of ether oxygens (including phenoxy) is 2. The Labute approximate surface area is 263 Å². The molecule has 12 nitrogen and oxygen atoms in total. The van der Waals surface area contributed by atoms with Gasteiger partial charge in [-0.25, -0.2) is 22.2 Å². The second kappa shape index (κ2) is 12.4. The van der Waals surface area contributed by atoms with Crippen LogP contribution in [-0.4, -0.2) is 72.8 Å². The first-order valence-electron chi connectivity index (χ1n) is 14.9. The van der Waals surface area contributed by atoms with Gasteiger partial charge in [0, 0.05) is 37.7 Å². The van der Waals surface area contributed by atoms with Crippen molar-refractivity contribution in [1.29, 1.82) is 0 Å². The monoisotopic (exact) mass is 657 g/mol. The molecule has 244 valence electrons. The molecule has 2 aromatic carbocycles. The van der Waals surface area contributed by atoms with Crippen molar-refractivity contribution in [2.24, 2.45) is 5.41 Å². The Kier molecular flexibility index (Phi) is 8.55. The average molecular weight is 658 g/mol. The Hall–Kier alpha value is -4.37. The smallest absolute Gasteiger partial charge is 0.316 e. The molecule has 2 aromatic heterocycles. The van der Waals surface area contributed by atoms with E-state index in [0.29, 0.717) is 28.4 Å². The van der Waals surface area contributed by atoms with Crippen molar-refractivity contribution in [3.8, 4) is 11.4 Å². The first-order valence-corrected chi connectivity index (χ1v) is 16.5. The van der Waals surface area contributed by atoms with E-state index < -0.39 is 33.2 Å². The van der Waals surface area contributed by atoms with Crippen molar-refractivity contribution in [2.75, 3.05) is 44.3 Å². The van der Waals surface area contributed by atoms with Crippen LogP contribution in [0.15, 0.2) is 51.8 Å². The van der Waals surface area contributed by atoms with E-state index in [2.05, 4.69) is 10.1 Å². The number of rotatable bonds is 11. The molecule has 0 atom stereocenters. The third-order valence-electron chi connectivity index (χ3n) is 8.09. The Bertz CT molecular complexity index is 1930. The number of hydrogen-bond acceptors (Lipinski definition) is 10. The van der Waals surface area contributed by atoms with Gasteiger partial charge >= 0.3 is 11.5 Å². The highest BCUT2D eigenvalue weighted by molar-refractivity contribution is 7.88. The van der Waals surface area contributed by atoms with Gasteiger partial charge in [0.2, 0.25) is 21.7 Å². The van der Waals surface area contributed by atoms with E-state index in [4.69, 9.17) is 13.9 Å². The van der Waals surface area contributed by atoms with Crippen LogP contribution in [0.2, 0.25) is 0 Å². The Morgan fingerprint density at radius 3 is 2.46 bits per heavy atom. The second-order valence-corrected chi connectivity index (χ2v) is 13.8. The number of hydrogen-bond donors (Lipinski definition) is 0. The van der Waals surface area contributed by atoms with Gasteiger partial charge < -0.3 is 18.8 Å². The number of oxazole rings is 1. The van der Waals surface area contributed by atoms with E-state index in [9.17, 15) is 26.8 Å². The minimum absolute atomic E-state index is 0.00760. The average Bonchev–Trinajstić information content (AvgIpc) is 3.60. The third kappa shape index (κ3) is 6.89. The zero-order valence-corrected chi connectivity index (χ0v) is 26.2. The van der Waals surface area contributed by atoms with Crippen LogP contribution < -0.4 is 15.2 Å². The number of esters is 1. The van der Waals surface area contributed by atoms with Crippen molar-refractivity contribution < 1.29 is 35.9 Å². The fourth-order valence-corrected chi connectivity index (χ4v) is 6.77. The lowest BCUT2D eigenvalue weighted by Gasteiger charge is -2.35. The lowest BCUT2D eigenvalue weighted by Crippen LogP contribution is -2.49. The molecule has 1 saturated carbocycles.